The quantitative estimate of drug-likeness (QED) is 0.324. The van der Waals surface area contributed by atoms with Gasteiger partial charge in [0.05, 0.1) is 0 Å². The van der Waals surface area contributed by atoms with Crippen molar-refractivity contribution in [1.29, 1.82) is 0 Å². The second-order valence-corrected chi connectivity index (χ2v) is 9.37. The number of benzene rings is 4. The SMILES string of the molecule is O=C([Se]C(=O)C(c1ccccc1)c1ccccc1)C(c1ccccc1)c1ccccc1. The summed E-state index contributed by atoms with van der Waals surface area (Å²) in [5.74, 6) is -0.864. The molecule has 0 amide bonds. The normalized spacial score (nSPS) is 10.9. The predicted octanol–water partition coefficient (Wildman–Crippen LogP) is 5.41. The molecule has 0 atom stereocenters. The first kappa shape index (κ1) is 21.0. The van der Waals surface area contributed by atoms with Gasteiger partial charge in [0.1, 0.15) is 0 Å². The van der Waals surface area contributed by atoms with Crippen molar-refractivity contribution in [2.45, 2.75) is 11.8 Å². The second-order valence-electron chi connectivity index (χ2n) is 7.25. The zero-order valence-corrected chi connectivity index (χ0v) is 18.6. The van der Waals surface area contributed by atoms with E-state index in [9.17, 15) is 9.59 Å². The molecule has 0 N–H and O–H groups in total. The topological polar surface area (TPSA) is 34.1 Å². The van der Waals surface area contributed by atoms with Gasteiger partial charge in [-0.25, -0.2) is 0 Å². The third-order valence-electron chi connectivity index (χ3n) is 5.20. The molecule has 0 saturated carbocycles. The third kappa shape index (κ3) is 5.08. The summed E-state index contributed by atoms with van der Waals surface area (Å²) in [6, 6.07) is 38.9. The Hall–Kier alpha value is -3.26. The van der Waals surface area contributed by atoms with Crippen molar-refractivity contribution in [3.05, 3.63) is 144 Å². The van der Waals surface area contributed by atoms with E-state index in [-0.39, 0.29) is 9.36 Å². The third-order valence-corrected chi connectivity index (χ3v) is 7.04. The van der Waals surface area contributed by atoms with Gasteiger partial charge in [-0.15, -0.1) is 0 Å². The molecular formula is C28H22O2Se. The Labute approximate surface area is 189 Å². The zero-order valence-electron chi connectivity index (χ0n) is 16.9. The van der Waals surface area contributed by atoms with Gasteiger partial charge >= 0.3 is 189 Å². The van der Waals surface area contributed by atoms with Crippen molar-refractivity contribution in [2.75, 3.05) is 0 Å². The van der Waals surface area contributed by atoms with E-state index in [0.717, 1.165) is 22.3 Å². The molecule has 0 unspecified atom stereocenters. The van der Waals surface area contributed by atoms with Gasteiger partial charge in [-0.1, -0.05) is 0 Å². The molecule has 0 aromatic heterocycles. The Bertz CT molecular complexity index is 955. The molecule has 31 heavy (non-hydrogen) atoms. The molecular weight excluding hydrogens is 447 g/mol. The second kappa shape index (κ2) is 10.2. The summed E-state index contributed by atoms with van der Waals surface area (Å²) < 4.78 is -0.0430. The number of carbonyl (C=O) groups excluding carboxylic acids is 2. The standard InChI is InChI=1S/C28H22O2Se/c29-27(25(21-13-5-1-6-14-21)22-15-7-2-8-16-22)31-28(30)26(23-17-9-3-10-18-23)24-19-11-4-12-20-24/h1-20,25-26H. The molecule has 4 aromatic rings. The van der Waals surface area contributed by atoms with Gasteiger partial charge in [0.15, 0.2) is 0 Å². The number of hydrogen-bond donors (Lipinski definition) is 0. The summed E-state index contributed by atoms with van der Waals surface area (Å²) in [6.07, 6.45) is 0. The van der Waals surface area contributed by atoms with Crippen LogP contribution >= 0.6 is 0 Å². The molecule has 0 aliphatic heterocycles. The molecule has 0 aliphatic rings. The summed E-state index contributed by atoms with van der Waals surface area (Å²) in [7, 11) is 0. The first-order chi connectivity index (χ1) is 15.2. The minimum atomic E-state index is -0.827. The van der Waals surface area contributed by atoms with Gasteiger partial charge < -0.3 is 0 Å². The van der Waals surface area contributed by atoms with E-state index in [1.807, 2.05) is 121 Å². The monoisotopic (exact) mass is 470 g/mol. The van der Waals surface area contributed by atoms with Crippen LogP contribution in [0.25, 0.3) is 0 Å². The van der Waals surface area contributed by atoms with Gasteiger partial charge in [-0.05, 0) is 0 Å². The van der Waals surface area contributed by atoms with Gasteiger partial charge in [-0.2, -0.15) is 0 Å². The number of rotatable bonds is 8. The Kier molecular flexibility index (Phi) is 6.89. The van der Waals surface area contributed by atoms with Gasteiger partial charge in [0.25, 0.3) is 0 Å². The van der Waals surface area contributed by atoms with Crippen LogP contribution in [0.1, 0.15) is 34.1 Å². The summed E-state index contributed by atoms with van der Waals surface area (Å²) in [4.78, 5) is 27.1. The molecule has 2 nitrogen and oxygen atoms in total. The molecule has 0 aliphatic carbocycles. The first-order valence-corrected chi connectivity index (χ1v) is 11.9. The molecule has 0 spiro atoms. The molecule has 0 radical (unpaired) electrons. The average molecular weight is 469 g/mol. The minimum absolute atomic E-state index is 0.0215. The van der Waals surface area contributed by atoms with Gasteiger partial charge in [-0.3, -0.25) is 0 Å². The van der Waals surface area contributed by atoms with Crippen LogP contribution in [-0.4, -0.2) is 24.3 Å². The molecule has 0 heterocycles. The van der Waals surface area contributed by atoms with Crippen LogP contribution < -0.4 is 0 Å². The average Bonchev–Trinajstić information content (AvgIpc) is 2.82. The van der Waals surface area contributed by atoms with Gasteiger partial charge in [0.2, 0.25) is 0 Å². The predicted molar refractivity (Wildman–Crippen MR) is 125 cm³/mol. The van der Waals surface area contributed by atoms with Crippen molar-refractivity contribution in [2.24, 2.45) is 0 Å². The molecule has 4 aromatic carbocycles. The molecule has 0 fully saturated rings. The summed E-state index contributed by atoms with van der Waals surface area (Å²) in [5.41, 5.74) is 3.68. The molecule has 3 heteroatoms. The van der Waals surface area contributed by atoms with Crippen LogP contribution in [0.3, 0.4) is 0 Å². The van der Waals surface area contributed by atoms with E-state index in [4.69, 9.17) is 0 Å². The Balaban J connectivity index is 1.66. The maximum absolute atomic E-state index is 13.5. The molecule has 152 valence electrons. The first-order valence-electron chi connectivity index (χ1n) is 10.2. The maximum atomic E-state index is 13.5. The van der Waals surface area contributed by atoms with E-state index >= 15 is 0 Å². The summed E-state index contributed by atoms with van der Waals surface area (Å²) >= 11 is -0.827. The van der Waals surface area contributed by atoms with Crippen LogP contribution in [0.2, 0.25) is 0 Å². The number of hydrogen-bond acceptors (Lipinski definition) is 2. The fourth-order valence-corrected chi connectivity index (χ4v) is 5.78. The Morgan fingerprint density at radius 2 is 0.645 bits per heavy atom. The van der Waals surface area contributed by atoms with Crippen LogP contribution in [0.5, 0.6) is 0 Å². The Morgan fingerprint density at radius 1 is 0.419 bits per heavy atom. The van der Waals surface area contributed by atoms with Crippen LogP contribution in [-0.2, 0) is 9.59 Å². The van der Waals surface area contributed by atoms with Crippen molar-refractivity contribution in [1.82, 2.24) is 0 Å². The van der Waals surface area contributed by atoms with Crippen molar-refractivity contribution >= 4 is 24.3 Å². The Morgan fingerprint density at radius 3 is 0.871 bits per heavy atom. The van der Waals surface area contributed by atoms with E-state index in [1.165, 1.54) is 0 Å². The molecule has 0 saturated heterocycles. The van der Waals surface area contributed by atoms with Crippen molar-refractivity contribution in [3.8, 4) is 0 Å². The summed E-state index contributed by atoms with van der Waals surface area (Å²) in [5, 5.41) is 0. The fourth-order valence-electron chi connectivity index (χ4n) is 3.73. The number of carbonyl (C=O) groups is 2. The zero-order chi connectivity index (χ0) is 21.5. The molecule has 4 rings (SSSR count). The van der Waals surface area contributed by atoms with E-state index in [1.54, 1.807) is 0 Å². The van der Waals surface area contributed by atoms with Crippen LogP contribution in [0.4, 0.5) is 0 Å². The van der Waals surface area contributed by atoms with Crippen molar-refractivity contribution in [3.63, 3.8) is 0 Å². The van der Waals surface area contributed by atoms with Gasteiger partial charge in [0, 0.05) is 0 Å². The van der Waals surface area contributed by atoms with E-state index in [2.05, 4.69) is 0 Å². The van der Waals surface area contributed by atoms with Crippen LogP contribution in [0, 0.1) is 0 Å². The van der Waals surface area contributed by atoms with Crippen molar-refractivity contribution < 1.29 is 9.59 Å². The van der Waals surface area contributed by atoms with Crippen LogP contribution in [0.15, 0.2) is 121 Å². The fraction of sp³-hybridized carbons (Fsp3) is 0.0714. The van der Waals surface area contributed by atoms with E-state index < -0.39 is 26.8 Å². The van der Waals surface area contributed by atoms with E-state index in [0.29, 0.717) is 0 Å². The molecule has 0 bridgehead atoms. The summed E-state index contributed by atoms with van der Waals surface area (Å²) in [6.45, 7) is 0.